The summed E-state index contributed by atoms with van der Waals surface area (Å²) in [6, 6.07) is 1.12. The number of rotatable bonds is 6. The molecule has 0 aliphatic rings. The second-order valence-electron chi connectivity index (χ2n) is 4.17. The first-order valence-electron chi connectivity index (χ1n) is 4.50. The summed E-state index contributed by atoms with van der Waals surface area (Å²) in [5.41, 5.74) is 5.10. The maximum absolute atomic E-state index is 10.7. The fourth-order valence-corrected chi connectivity index (χ4v) is 1.41. The lowest BCUT2D eigenvalue weighted by Gasteiger charge is -2.15. The van der Waals surface area contributed by atoms with Gasteiger partial charge in [-0.05, 0) is 6.04 Å². The molecule has 0 aromatic rings. The topological polar surface area (TPSA) is 64.3 Å². The summed E-state index contributed by atoms with van der Waals surface area (Å²) < 4.78 is 5.23. The van der Waals surface area contributed by atoms with Crippen LogP contribution in [0, 0.1) is 0 Å². The van der Waals surface area contributed by atoms with Crippen molar-refractivity contribution in [3.63, 3.8) is 0 Å². The summed E-state index contributed by atoms with van der Waals surface area (Å²) in [6.45, 7) is 7.89. The number of nitrogens with one attached hydrogen (secondary N) is 1. The lowest BCUT2D eigenvalue weighted by atomic mass is 10.6. The van der Waals surface area contributed by atoms with E-state index < -0.39 is 8.07 Å². The SMILES string of the molecule is C[Si](C)(C)CCOCNC(=O)CN. The van der Waals surface area contributed by atoms with Crippen molar-refractivity contribution in [2.24, 2.45) is 5.73 Å². The van der Waals surface area contributed by atoms with Gasteiger partial charge >= 0.3 is 0 Å². The van der Waals surface area contributed by atoms with Crippen molar-refractivity contribution in [2.45, 2.75) is 25.7 Å². The van der Waals surface area contributed by atoms with Crippen molar-refractivity contribution >= 4 is 14.0 Å². The van der Waals surface area contributed by atoms with Crippen LogP contribution in [0.5, 0.6) is 0 Å². The smallest absolute Gasteiger partial charge is 0.235 e. The van der Waals surface area contributed by atoms with Crippen LogP contribution in [0.25, 0.3) is 0 Å². The van der Waals surface area contributed by atoms with E-state index in [1.54, 1.807) is 0 Å². The minimum atomic E-state index is -1.01. The Bertz CT molecular complexity index is 157. The minimum absolute atomic E-state index is 0.0252. The predicted molar refractivity (Wildman–Crippen MR) is 56.2 cm³/mol. The summed E-state index contributed by atoms with van der Waals surface area (Å²) in [5, 5.41) is 2.55. The monoisotopic (exact) mass is 204 g/mol. The van der Waals surface area contributed by atoms with Gasteiger partial charge in [-0.15, -0.1) is 0 Å². The molecular formula is C8H20N2O2Si. The molecule has 0 rings (SSSR count). The fraction of sp³-hybridized carbons (Fsp3) is 0.875. The van der Waals surface area contributed by atoms with Gasteiger partial charge in [-0.3, -0.25) is 4.79 Å². The summed E-state index contributed by atoms with van der Waals surface area (Å²) >= 11 is 0. The van der Waals surface area contributed by atoms with E-state index in [9.17, 15) is 4.79 Å². The predicted octanol–water partition coefficient (Wildman–Crippen LogP) is 0.374. The van der Waals surface area contributed by atoms with E-state index >= 15 is 0 Å². The van der Waals surface area contributed by atoms with E-state index in [2.05, 4.69) is 25.0 Å². The van der Waals surface area contributed by atoms with Crippen LogP contribution >= 0.6 is 0 Å². The Morgan fingerprint density at radius 3 is 2.54 bits per heavy atom. The van der Waals surface area contributed by atoms with Gasteiger partial charge in [0.05, 0.1) is 6.54 Å². The summed E-state index contributed by atoms with van der Waals surface area (Å²) in [5.74, 6) is -0.173. The standard InChI is InChI=1S/C8H20N2O2Si/c1-13(2,3)5-4-12-7-10-8(11)6-9/h4-7,9H2,1-3H3,(H,10,11). The molecule has 13 heavy (non-hydrogen) atoms. The molecular weight excluding hydrogens is 184 g/mol. The average Bonchev–Trinajstić information content (AvgIpc) is 2.01. The van der Waals surface area contributed by atoms with E-state index in [1.807, 2.05) is 0 Å². The molecule has 0 bridgehead atoms. The Kier molecular flexibility index (Phi) is 5.94. The van der Waals surface area contributed by atoms with Crippen molar-refractivity contribution < 1.29 is 9.53 Å². The second-order valence-corrected chi connectivity index (χ2v) is 9.79. The van der Waals surface area contributed by atoms with Crippen LogP contribution in [0.1, 0.15) is 0 Å². The highest BCUT2D eigenvalue weighted by atomic mass is 28.3. The maximum atomic E-state index is 10.7. The lowest BCUT2D eigenvalue weighted by molar-refractivity contribution is -0.121. The number of carbonyl (C=O) groups excluding carboxylic acids is 1. The molecule has 0 spiro atoms. The zero-order chi connectivity index (χ0) is 10.3. The first kappa shape index (κ1) is 12.6. The van der Waals surface area contributed by atoms with Crippen LogP contribution in [0.4, 0.5) is 0 Å². The first-order valence-corrected chi connectivity index (χ1v) is 8.21. The van der Waals surface area contributed by atoms with Gasteiger partial charge in [0.2, 0.25) is 5.91 Å². The van der Waals surface area contributed by atoms with Gasteiger partial charge in [-0.1, -0.05) is 19.6 Å². The van der Waals surface area contributed by atoms with Crippen LogP contribution in [-0.4, -0.2) is 33.9 Å². The van der Waals surface area contributed by atoms with Crippen molar-refractivity contribution in [3.05, 3.63) is 0 Å². The Morgan fingerprint density at radius 1 is 1.46 bits per heavy atom. The van der Waals surface area contributed by atoms with Crippen LogP contribution in [0.2, 0.25) is 25.7 Å². The normalized spacial score (nSPS) is 11.4. The molecule has 0 radical (unpaired) electrons. The van der Waals surface area contributed by atoms with Crippen molar-refractivity contribution in [2.75, 3.05) is 19.9 Å². The molecule has 0 saturated carbocycles. The Morgan fingerprint density at radius 2 is 2.08 bits per heavy atom. The molecule has 0 saturated heterocycles. The molecule has 1 amide bonds. The van der Waals surface area contributed by atoms with E-state index in [0.29, 0.717) is 0 Å². The van der Waals surface area contributed by atoms with E-state index in [4.69, 9.17) is 10.5 Å². The number of hydrogen-bond donors (Lipinski definition) is 2. The van der Waals surface area contributed by atoms with Crippen LogP contribution < -0.4 is 11.1 Å². The molecule has 3 N–H and O–H groups in total. The van der Waals surface area contributed by atoms with E-state index in [-0.39, 0.29) is 19.2 Å². The Labute approximate surface area is 80.8 Å². The summed E-state index contributed by atoms with van der Waals surface area (Å²) in [4.78, 5) is 10.7. The molecule has 0 atom stereocenters. The minimum Gasteiger partial charge on any atom is -0.362 e. The van der Waals surface area contributed by atoms with Crippen molar-refractivity contribution in [3.8, 4) is 0 Å². The number of amides is 1. The van der Waals surface area contributed by atoms with E-state index in [0.717, 1.165) is 12.7 Å². The molecule has 0 fully saturated rings. The molecule has 0 aliphatic heterocycles. The van der Waals surface area contributed by atoms with Crippen LogP contribution in [-0.2, 0) is 9.53 Å². The highest BCUT2D eigenvalue weighted by Crippen LogP contribution is 2.06. The van der Waals surface area contributed by atoms with Gasteiger partial charge in [0.1, 0.15) is 6.73 Å². The second kappa shape index (κ2) is 6.12. The van der Waals surface area contributed by atoms with Crippen LogP contribution in [0.3, 0.4) is 0 Å². The zero-order valence-corrected chi connectivity index (χ0v) is 9.72. The van der Waals surface area contributed by atoms with Crippen LogP contribution in [0.15, 0.2) is 0 Å². The quantitative estimate of drug-likeness (QED) is 0.373. The third-order valence-electron chi connectivity index (χ3n) is 1.55. The molecule has 4 nitrogen and oxygen atoms in total. The number of nitrogens with two attached hydrogens (primary N) is 1. The number of ether oxygens (including phenoxy) is 1. The number of carbonyl (C=O) groups is 1. The van der Waals surface area contributed by atoms with Gasteiger partial charge in [0, 0.05) is 14.7 Å². The van der Waals surface area contributed by atoms with Crippen molar-refractivity contribution in [1.29, 1.82) is 0 Å². The maximum Gasteiger partial charge on any atom is 0.235 e. The Hall–Kier alpha value is -0.393. The largest absolute Gasteiger partial charge is 0.362 e. The molecule has 0 heterocycles. The van der Waals surface area contributed by atoms with Gasteiger partial charge in [0.15, 0.2) is 0 Å². The average molecular weight is 204 g/mol. The molecule has 5 heteroatoms. The first-order chi connectivity index (χ1) is 5.95. The molecule has 78 valence electrons. The molecule has 0 aromatic heterocycles. The Balaban J connectivity index is 3.22. The highest BCUT2D eigenvalue weighted by Gasteiger charge is 2.11. The van der Waals surface area contributed by atoms with Gasteiger partial charge in [-0.2, -0.15) is 0 Å². The molecule has 0 unspecified atom stereocenters. The zero-order valence-electron chi connectivity index (χ0n) is 8.72. The lowest BCUT2D eigenvalue weighted by Crippen LogP contribution is -2.32. The van der Waals surface area contributed by atoms with Crippen molar-refractivity contribution in [1.82, 2.24) is 5.32 Å². The third kappa shape index (κ3) is 9.52. The summed E-state index contributed by atoms with van der Waals surface area (Å²) in [6.07, 6.45) is 0. The van der Waals surface area contributed by atoms with Gasteiger partial charge in [-0.25, -0.2) is 0 Å². The fourth-order valence-electron chi connectivity index (χ4n) is 0.654. The third-order valence-corrected chi connectivity index (χ3v) is 3.26. The summed E-state index contributed by atoms with van der Waals surface area (Å²) in [7, 11) is -1.01. The number of hydrogen-bond acceptors (Lipinski definition) is 3. The molecule has 0 aromatic carbocycles. The van der Waals surface area contributed by atoms with E-state index in [1.165, 1.54) is 0 Å². The van der Waals surface area contributed by atoms with Gasteiger partial charge in [0.25, 0.3) is 0 Å². The molecule has 0 aliphatic carbocycles. The van der Waals surface area contributed by atoms with Gasteiger partial charge < -0.3 is 15.8 Å². The highest BCUT2D eigenvalue weighted by molar-refractivity contribution is 6.76.